The molecule has 106 valence electrons. The van der Waals surface area contributed by atoms with Crippen molar-refractivity contribution in [1.82, 2.24) is 4.90 Å². The van der Waals surface area contributed by atoms with E-state index in [0.29, 0.717) is 6.54 Å². The summed E-state index contributed by atoms with van der Waals surface area (Å²) in [5.41, 5.74) is 8.35. The number of rotatable bonds is 5. The van der Waals surface area contributed by atoms with Gasteiger partial charge in [-0.2, -0.15) is 0 Å². The molecule has 0 aliphatic heterocycles. The predicted octanol–water partition coefficient (Wildman–Crippen LogP) is 2.72. The summed E-state index contributed by atoms with van der Waals surface area (Å²) < 4.78 is 0. The topological polar surface area (TPSA) is 46.3 Å². The number of hydrogen-bond donors (Lipinski definition) is 1. The summed E-state index contributed by atoms with van der Waals surface area (Å²) >= 11 is 0. The van der Waals surface area contributed by atoms with Crippen molar-refractivity contribution in [3.8, 4) is 0 Å². The Morgan fingerprint density at radius 1 is 1.26 bits per heavy atom. The lowest BCUT2D eigenvalue weighted by Gasteiger charge is -2.30. The molecule has 3 nitrogen and oxygen atoms in total. The second kappa shape index (κ2) is 6.71. The van der Waals surface area contributed by atoms with Gasteiger partial charge in [0, 0.05) is 12.6 Å². The summed E-state index contributed by atoms with van der Waals surface area (Å²) in [4.78, 5) is 14.3. The molecule has 1 aromatic rings. The van der Waals surface area contributed by atoms with Gasteiger partial charge in [-0.15, -0.1) is 0 Å². The summed E-state index contributed by atoms with van der Waals surface area (Å²) in [7, 11) is 0. The van der Waals surface area contributed by atoms with Crippen LogP contribution in [-0.2, 0) is 11.3 Å². The van der Waals surface area contributed by atoms with Crippen molar-refractivity contribution in [1.29, 1.82) is 0 Å². The Balaban J connectivity index is 2.87. The number of hydrogen-bond acceptors (Lipinski definition) is 2. The predicted molar refractivity (Wildman–Crippen MR) is 79.7 cm³/mol. The second-order valence-electron chi connectivity index (χ2n) is 5.82. The van der Waals surface area contributed by atoms with Gasteiger partial charge in [0.05, 0.1) is 6.04 Å². The first-order valence-electron chi connectivity index (χ1n) is 6.94. The minimum absolute atomic E-state index is 0.0338. The summed E-state index contributed by atoms with van der Waals surface area (Å²) in [6.07, 6.45) is 0. The molecule has 1 amide bonds. The Morgan fingerprint density at radius 3 is 2.37 bits per heavy atom. The van der Waals surface area contributed by atoms with Gasteiger partial charge in [-0.25, -0.2) is 0 Å². The van der Waals surface area contributed by atoms with Gasteiger partial charge in [0.1, 0.15) is 0 Å². The number of nitrogens with zero attached hydrogens (tertiary/aromatic N) is 1. The molecule has 0 aromatic heterocycles. The van der Waals surface area contributed by atoms with Gasteiger partial charge in [0.15, 0.2) is 0 Å². The Morgan fingerprint density at radius 2 is 1.89 bits per heavy atom. The van der Waals surface area contributed by atoms with E-state index in [9.17, 15) is 4.79 Å². The third kappa shape index (κ3) is 4.35. The Kier molecular flexibility index (Phi) is 5.55. The van der Waals surface area contributed by atoms with Gasteiger partial charge in [0.25, 0.3) is 0 Å². The molecule has 0 saturated heterocycles. The zero-order chi connectivity index (χ0) is 14.6. The number of carbonyl (C=O) groups is 1. The molecule has 1 atom stereocenters. The smallest absolute Gasteiger partial charge is 0.240 e. The van der Waals surface area contributed by atoms with E-state index >= 15 is 0 Å². The average Bonchev–Trinajstić information content (AvgIpc) is 2.33. The third-order valence-corrected chi connectivity index (χ3v) is 3.35. The molecule has 1 aromatic carbocycles. The molecular formula is C16H26N2O. The van der Waals surface area contributed by atoms with Crippen LogP contribution < -0.4 is 5.73 Å². The van der Waals surface area contributed by atoms with Crippen molar-refractivity contribution in [2.75, 3.05) is 0 Å². The van der Waals surface area contributed by atoms with E-state index in [4.69, 9.17) is 5.73 Å². The molecule has 0 aliphatic carbocycles. The van der Waals surface area contributed by atoms with Crippen LogP contribution in [0.2, 0.25) is 0 Å². The standard InChI is InChI=1S/C16H26N2O/c1-11(2)15(17)16(19)18(12(3)4)10-14-8-6-7-13(5)9-14/h6-9,11-12,15H,10,17H2,1-5H3. The fraction of sp³-hybridized carbons (Fsp3) is 0.562. The lowest BCUT2D eigenvalue weighted by Crippen LogP contribution is -2.48. The van der Waals surface area contributed by atoms with Gasteiger partial charge in [-0.1, -0.05) is 43.7 Å². The van der Waals surface area contributed by atoms with Crippen LogP contribution in [0.3, 0.4) is 0 Å². The molecule has 0 bridgehead atoms. The lowest BCUT2D eigenvalue weighted by atomic mass is 10.0. The molecule has 0 saturated carbocycles. The van der Waals surface area contributed by atoms with Crippen LogP contribution in [0.15, 0.2) is 24.3 Å². The van der Waals surface area contributed by atoms with E-state index in [1.807, 2.05) is 38.7 Å². The normalized spacial score (nSPS) is 12.8. The van der Waals surface area contributed by atoms with E-state index in [2.05, 4.69) is 25.1 Å². The van der Waals surface area contributed by atoms with Gasteiger partial charge >= 0.3 is 0 Å². The van der Waals surface area contributed by atoms with Crippen molar-refractivity contribution in [2.24, 2.45) is 11.7 Å². The number of amides is 1. The zero-order valence-corrected chi connectivity index (χ0v) is 12.7. The minimum Gasteiger partial charge on any atom is -0.335 e. The van der Waals surface area contributed by atoms with Crippen molar-refractivity contribution in [2.45, 2.75) is 53.2 Å². The summed E-state index contributed by atoms with van der Waals surface area (Å²) in [6, 6.07) is 7.98. The molecule has 2 N–H and O–H groups in total. The van der Waals surface area contributed by atoms with Crippen LogP contribution in [0.4, 0.5) is 0 Å². The van der Waals surface area contributed by atoms with Crippen molar-refractivity contribution in [3.63, 3.8) is 0 Å². The number of aryl methyl sites for hydroxylation is 1. The molecule has 0 fully saturated rings. The largest absolute Gasteiger partial charge is 0.335 e. The second-order valence-corrected chi connectivity index (χ2v) is 5.82. The van der Waals surface area contributed by atoms with Crippen LogP contribution in [0, 0.1) is 12.8 Å². The number of benzene rings is 1. The maximum Gasteiger partial charge on any atom is 0.240 e. The van der Waals surface area contributed by atoms with E-state index in [1.54, 1.807) is 0 Å². The number of nitrogens with two attached hydrogens (primary N) is 1. The Hall–Kier alpha value is -1.35. The van der Waals surface area contributed by atoms with E-state index in [-0.39, 0.29) is 17.9 Å². The summed E-state index contributed by atoms with van der Waals surface area (Å²) in [5, 5.41) is 0. The molecule has 0 heterocycles. The molecule has 19 heavy (non-hydrogen) atoms. The van der Waals surface area contributed by atoms with E-state index in [1.165, 1.54) is 5.56 Å². The molecule has 1 rings (SSSR count). The maximum atomic E-state index is 12.4. The van der Waals surface area contributed by atoms with Gasteiger partial charge in [-0.05, 0) is 32.3 Å². The highest BCUT2D eigenvalue weighted by Gasteiger charge is 2.25. The quantitative estimate of drug-likeness (QED) is 0.887. The Labute approximate surface area is 116 Å². The SMILES string of the molecule is Cc1cccc(CN(C(=O)C(N)C(C)C)C(C)C)c1. The van der Waals surface area contributed by atoms with Crippen molar-refractivity contribution in [3.05, 3.63) is 35.4 Å². The zero-order valence-electron chi connectivity index (χ0n) is 12.7. The number of carbonyl (C=O) groups excluding carboxylic acids is 1. The van der Waals surface area contributed by atoms with Gasteiger partial charge in [0.2, 0.25) is 5.91 Å². The van der Waals surface area contributed by atoms with E-state index < -0.39 is 6.04 Å². The van der Waals surface area contributed by atoms with E-state index in [0.717, 1.165) is 5.56 Å². The van der Waals surface area contributed by atoms with Crippen LogP contribution >= 0.6 is 0 Å². The molecule has 0 aliphatic rings. The third-order valence-electron chi connectivity index (χ3n) is 3.35. The first-order chi connectivity index (χ1) is 8.82. The van der Waals surface area contributed by atoms with Gasteiger partial charge in [-0.3, -0.25) is 4.79 Å². The summed E-state index contributed by atoms with van der Waals surface area (Å²) in [5.74, 6) is 0.192. The highest BCUT2D eigenvalue weighted by Crippen LogP contribution is 2.13. The van der Waals surface area contributed by atoms with Crippen LogP contribution in [0.5, 0.6) is 0 Å². The van der Waals surface area contributed by atoms with Crippen molar-refractivity contribution < 1.29 is 4.79 Å². The summed E-state index contributed by atoms with van der Waals surface area (Å²) in [6.45, 7) is 10.7. The first-order valence-corrected chi connectivity index (χ1v) is 6.94. The minimum atomic E-state index is -0.424. The van der Waals surface area contributed by atoms with Crippen molar-refractivity contribution >= 4 is 5.91 Å². The molecule has 1 unspecified atom stereocenters. The average molecular weight is 262 g/mol. The first kappa shape index (κ1) is 15.7. The molecule has 0 spiro atoms. The lowest BCUT2D eigenvalue weighted by molar-refractivity contribution is -0.136. The van der Waals surface area contributed by atoms with Crippen LogP contribution in [0.25, 0.3) is 0 Å². The monoisotopic (exact) mass is 262 g/mol. The molecule has 0 radical (unpaired) electrons. The fourth-order valence-electron chi connectivity index (χ4n) is 2.00. The van der Waals surface area contributed by atoms with Crippen LogP contribution in [0.1, 0.15) is 38.8 Å². The fourth-order valence-corrected chi connectivity index (χ4v) is 2.00. The highest BCUT2D eigenvalue weighted by atomic mass is 16.2. The maximum absolute atomic E-state index is 12.4. The molecule has 3 heteroatoms. The molecular weight excluding hydrogens is 236 g/mol. The van der Waals surface area contributed by atoms with Crippen LogP contribution in [-0.4, -0.2) is 22.9 Å². The van der Waals surface area contributed by atoms with Gasteiger partial charge < -0.3 is 10.6 Å². The Bertz CT molecular complexity index is 427. The highest BCUT2D eigenvalue weighted by molar-refractivity contribution is 5.82.